The molecule has 0 bridgehead atoms. The van der Waals surface area contributed by atoms with Crippen molar-refractivity contribution in [1.82, 2.24) is 19.6 Å². The summed E-state index contributed by atoms with van der Waals surface area (Å²) in [6.07, 6.45) is 3.35. The van der Waals surface area contributed by atoms with Crippen molar-refractivity contribution in [3.05, 3.63) is 27.6 Å². The first-order chi connectivity index (χ1) is 8.09. The number of nitrogens with zero attached hydrogens (tertiary/aromatic N) is 3. The highest BCUT2D eigenvalue weighted by Gasteiger charge is 2.46. The zero-order chi connectivity index (χ0) is 12.2. The molecule has 90 valence electrons. The monoisotopic (exact) mass is 232 g/mol. The third-order valence-corrected chi connectivity index (χ3v) is 4.05. The van der Waals surface area contributed by atoms with Gasteiger partial charge in [0.2, 0.25) is 5.65 Å². The third kappa shape index (κ3) is 1.28. The first-order valence-electron chi connectivity index (χ1n) is 6.04. The van der Waals surface area contributed by atoms with Gasteiger partial charge in [0.1, 0.15) is 5.82 Å². The van der Waals surface area contributed by atoms with Gasteiger partial charge in [0.15, 0.2) is 0 Å². The highest BCUT2D eigenvalue weighted by molar-refractivity contribution is 5.41. The number of nitrogens with one attached hydrogen (secondary N) is 1. The Morgan fingerprint density at radius 1 is 1.35 bits per heavy atom. The lowest BCUT2D eigenvalue weighted by Crippen LogP contribution is -2.18. The molecule has 1 saturated carbocycles. The molecule has 0 unspecified atom stereocenters. The summed E-state index contributed by atoms with van der Waals surface area (Å²) in [6, 6.07) is 0. The van der Waals surface area contributed by atoms with Gasteiger partial charge in [-0.05, 0) is 33.1 Å². The summed E-state index contributed by atoms with van der Waals surface area (Å²) in [7, 11) is 0. The van der Waals surface area contributed by atoms with Crippen molar-refractivity contribution in [2.24, 2.45) is 0 Å². The van der Waals surface area contributed by atoms with Gasteiger partial charge in [-0.2, -0.15) is 0 Å². The molecular formula is C12H16N4O. The minimum absolute atomic E-state index is 0.154. The lowest BCUT2D eigenvalue weighted by atomic mass is 10.0. The minimum Gasteiger partial charge on any atom is -0.321 e. The second-order valence-corrected chi connectivity index (χ2v) is 4.98. The molecule has 2 aromatic rings. The zero-order valence-corrected chi connectivity index (χ0v) is 10.4. The average molecular weight is 232 g/mol. The number of H-pyrrole nitrogens is 1. The van der Waals surface area contributed by atoms with Crippen LogP contribution in [-0.2, 0) is 5.41 Å². The van der Waals surface area contributed by atoms with Crippen LogP contribution in [0.5, 0.6) is 0 Å². The fourth-order valence-electron chi connectivity index (χ4n) is 2.46. The third-order valence-electron chi connectivity index (χ3n) is 4.05. The van der Waals surface area contributed by atoms with Gasteiger partial charge in [0.25, 0.3) is 5.56 Å². The van der Waals surface area contributed by atoms with Crippen LogP contribution in [0.15, 0.2) is 4.79 Å². The molecule has 5 heteroatoms. The maximum absolute atomic E-state index is 11.8. The Balaban J connectivity index is 2.39. The summed E-state index contributed by atoms with van der Waals surface area (Å²) in [5.41, 5.74) is 2.33. The van der Waals surface area contributed by atoms with Crippen LogP contribution >= 0.6 is 0 Å². The van der Waals surface area contributed by atoms with Crippen molar-refractivity contribution in [2.75, 3.05) is 0 Å². The molecule has 0 radical (unpaired) electrons. The molecular weight excluding hydrogens is 216 g/mol. The van der Waals surface area contributed by atoms with E-state index in [9.17, 15) is 4.79 Å². The van der Waals surface area contributed by atoms with Crippen molar-refractivity contribution in [3.63, 3.8) is 0 Å². The lowest BCUT2D eigenvalue weighted by Gasteiger charge is -2.12. The molecule has 1 aliphatic rings. The smallest absolute Gasteiger partial charge is 0.293 e. The molecule has 2 heterocycles. The van der Waals surface area contributed by atoms with E-state index in [4.69, 9.17) is 0 Å². The first-order valence-corrected chi connectivity index (χ1v) is 6.04. The molecule has 0 atom stereocenters. The number of rotatable bonds is 2. The quantitative estimate of drug-likeness (QED) is 0.853. The van der Waals surface area contributed by atoms with E-state index in [1.165, 1.54) is 0 Å². The fraction of sp³-hybridized carbons (Fsp3) is 0.583. The van der Waals surface area contributed by atoms with Gasteiger partial charge in [-0.25, -0.2) is 0 Å². The second kappa shape index (κ2) is 3.18. The summed E-state index contributed by atoms with van der Waals surface area (Å²) in [5, 5.41) is 8.30. The SMILES string of the molecule is CCC1(c2nnc3c(=O)[nH]c(C)c(C)n23)CC1. The summed E-state index contributed by atoms with van der Waals surface area (Å²) in [4.78, 5) is 14.6. The van der Waals surface area contributed by atoms with Crippen molar-refractivity contribution in [1.29, 1.82) is 0 Å². The molecule has 0 aromatic carbocycles. The number of aryl methyl sites for hydroxylation is 2. The molecule has 1 fully saturated rings. The molecule has 3 rings (SSSR count). The predicted molar refractivity (Wildman–Crippen MR) is 64.3 cm³/mol. The topological polar surface area (TPSA) is 63.0 Å². The normalized spacial score (nSPS) is 17.6. The zero-order valence-electron chi connectivity index (χ0n) is 10.4. The van der Waals surface area contributed by atoms with Gasteiger partial charge in [0.05, 0.1) is 0 Å². The van der Waals surface area contributed by atoms with Crippen molar-refractivity contribution in [2.45, 2.75) is 45.4 Å². The molecule has 2 aromatic heterocycles. The van der Waals surface area contributed by atoms with Crippen molar-refractivity contribution >= 4 is 5.65 Å². The van der Waals surface area contributed by atoms with E-state index < -0.39 is 0 Å². The maximum Gasteiger partial charge on any atom is 0.293 e. The van der Waals surface area contributed by atoms with E-state index in [1.807, 2.05) is 18.2 Å². The van der Waals surface area contributed by atoms with E-state index in [2.05, 4.69) is 22.1 Å². The van der Waals surface area contributed by atoms with Gasteiger partial charge in [-0.15, -0.1) is 10.2 Å². The van der Waals surface area contributed by atoms with Crippen molar-refractivity contribution < 1.29 is 0 Å². The molecule has 5 nitrogen and oxygen atoms in total. The average Bonchev–Trinajstić information content (AvgIpc) is 2.97. The number of aromatic nitrogens is 4. The van der Waals surface area contributed by atoms with E-state index in [0.717, 1.165) is 36.5 Å². The molecule has 0 amide bonds. The summed E-state index contributed by atoms with van der Waals surface area (Å²) >= 11 is 0. The Kier molecular flexibility index (Phi) is 1.97. The van der Waals surface area contributed by atoms with Crippen LogP contribution in [0.2, 0.25) is 0 Å². The van der Waals surface area contributed by atoms with Gasteiger partial charge in [-0.3, -0.25) is 9.20 Å². The van der Waals surface area contributed by atoms with Gasteiger partial charge in [0, 0.05) is 16.8 Å². The van der Waals surface area contributed by atoms with E-state index >= 15 is 0 Å². The predicted octanol–water partition coefficient (Wildman–Crippen LogP) is 1.48. The van der Waals surface area contributed by atoms with E-state index in [0.29, 0.717) is 5.65 Å². The van der Waals surface area contributed by atoms with Crippen LogP contribution < -0.4 is 5.56 Å². The van der Waals surface area contributed by atoms with Gasteiger partial charge >= 0.3 is 0 Å². The summed E-state index contributed by atoms with van der Waals surface area (Å²) < 4.78 is 1.94. The van der Waals surface area contributed by atoms with Crippen LogP contribution in [-0.4, -0.2) is 19.6 Å². The Morgan fingerprint density at radius 2 is 2.06 bits per heavy atom. The van der Waals surface area contributed by atoms with Crippen LogP contribution in [0, 0.1) is 13.8 Å². The second-order valence-electron chi connectivity index (χ2n) is 4.98. The Bertz CT molecular complexity index is 648. The molecule has 17 heavy (non-hydrogen) atoms. The van der Waals surface area contributed by atoms with Crippen LogP contribution in [0.3, 0.4) is 0 Å². The van der Waals surface area contributed by atoms with Crippen LogP contribution in [0.25, 0.3) is 5.65 Å². The van der Waals surface area contributed by atoms with Gasteiger partial charge in [-0.1, -0.05) is 6.92 Å². The molecule has 1 N–H and O–H groups in total. The molecule has 0 saturated heterocycles. The molecule has 1 aliphatic carbocycles. The largest absolute Gasteiger partial charge is 0.321 e. The number of hydrogen-bond acceptors (Lipinski definition) is 3. The highest BCUT2D eigenvalue weighted by Crippen LogP contribution is 2.50. The number of fused-ring (bicyclic) bond motifs is 1. The molecule has 0 spiro atoms. The van der Waals surface area contributed by atoms with Crippen LogP contribution in [0.1, 0.15) is 43.4 Å². The first kappa shape index (κ1) is 10.5. The fourth-order valence-corrected chi connectivity index (χ4v) is 2.46. The van der Waals surface area contributed by atoms with Crippen molar-refractivity contribution in [3.8, 4) is 0 Å². The number of hydrogen-bond donors (Lipinski definition) is 1. The molecule has 0 aliphatic heterocycles. The van der Waals surface area contributed by atoms with E-state index in [1.54, 1.807) is 0 Å². The minimum atomic E-state index is -0.154. The highest BCUT2D eigenvalue weighted by atomic mass is 16.1. The Morgan fingerprint density at radius 3 is 2.65 bits per heavy atom. The standard InChI is InChI=1S/C12H16N4O/c1-4-12(5-6-12)11-15-14-9-10(17)13-7(2)8(3)16(9)11/h4-6H2,1-3H3,(H,13,17). The summed E-state index contributed by atoms with van der Waals surface area (Å²) in [6.45, 7) is 6.08. The number of aromatic amines is 1. The Hall–Kier alpha value is -1.65. The summed E-state index contributed by atoms with van der Waals surface area (Å²) in [5.74, 6) is 0.960. The van der Waals surface area contributed by atoms with E-state index in [-0.39, 0.29) is 11.0 Å². The Labute approximate surface area is 98.9 Å². The van der Waals surface area contributed by atoms with Crippen LogP contribution in [0.4, 0.5) is 0 Å². The lowest BCUT2D eigenvalue weighted by molar-refractivity contribution is 0.602. The van der Waals surface area contributed by atoms with Gasteiger partial charge < -0.3 is 4.98 Å². The maximum atomic E-state index is 11.8.